The van der Waals surface area contributed by atoms with Gasteiger partial charge in [0, 0.05) is 25.7 Å². The van der Waals surface area contributed by atoms with Gasteiger partial charge in [-0.25, -0.2) is 0 Å². The molecule has 1 aliphatic carbocycles. The predicted molar refractivity (Wildman–Crippen MR) is 84.6 cm³/mol. The summed E-state index contributed by atoms with van der Waals surface area (Å²) in [7, 11) is 0. The van der Waals surface area contributed by atoms with Gasteiger partial charge in [-0.3, -0.25) is 19.7 Å². The molecule has 2 amide bonds. The van der Waals surface area contributed by atoms with E-state index in [-0.39, 0.29) is 48.9 Å². The molecule has 5 unspecified atom stereocenters. The molecule has 0 aromatic rings. The Balaban J connectivity index is 2.05. The molecule has 7 nitrogen and oxygen atoms in total. The molecule has 0 radical (unpaired) electrons. The lowest BCUT2D eigenvalue weighted by Crippen LogP contribution is -2.51. The molecular formula is C17H27NO6. The van der Waals surface area contributed by atoms with Gasteiger partial charge < -0.3 is 14.9 Å². The average molecular weight is 341 g/mol. The van der Waals surface area contributed by atoms with Crippen LogP contribution in [0.5, 0.6) is 0 Å². The van der Waals surface area contributed by atoms with Crippen molar-refractivity contribution >= 4 is 17.8 Å². The summed E-state index contributed by atoms with van der Waals surface area (Å²) in [5, 5.41) is 23.3. The number of hydrogen-bond donors (Lipinski definition) is 3. The Labute approximate surface area is 141 Å². The van der Waals surface area contributed by atoms with E-state index in [9.17, 15) is 24.6 Å². The molecule has 0 spiro atoms. The third-order valence-electron chi connectivity index (χ3n) is 5.13. The number of ether oxygens (including phenoxy) is 1. The summed E-state index contributed by atoms with van der Waals surface area (Å²) in [5.74, 6) is -1.86. The Hall–Kier alpha value is -1.47. The topological polar surface area (TPSA) is 113 Å². The number of aliphatic hydroxyl groups excluding tert-OH is 2. The van der Waals surface area contributed by atoms with Crippen LogP contribution in [-0.2, 0) is 19.1 Å². The molecule has 0 bridgehead atoms. The summed E-state index contributed by atoms with van der Waals surface area (Å²) in [4.78, 5) is 34.3. The largest absolute Gasteiger partial charge is 0.460 e. The van der Waals surface area contributed by atoms with Gasteiger partial charge in [0.15, 0.2) is 0 Å². The van der Waals surface area contributed by atoms with Crippen LogP contribution in [0.2, 0.25) is 0 Å². The molecule has 3 N–H and O–H groups in total. The fourth-order valence-electron chi connectivity index (χ4n) is 4.26. The van der Waals surface area contributed by atoms with Crippen LogP contribution in [0.15, 0.2) is 0 Å². The number of imide groups is 1. The van der Waals surface area contributed by atoms with E-state index in [0.29, 0.717) is 12.8 Å². The van der Waals surface area contributed by atoms with E-state index < -0.39 is 23.7 Å². The number of rotatable bonds is 4. The van der Waals surface area contributed by atoms with Crippen LogP contribution in [0, 0.1) is 17.8 Å². The molecule has 2 rings (SSSR count). The van der Waals surface area contributed by atoms with Gasteiger partial charge in [-0.1, -0.05) is 6.92 Å². The number of amides is 2. The number of hydrogen-bond acceptors (Lipinski definition) is 6. The van der Waals surface area contributed by atoms with Crippen LogP contribution >= 0.6 is 0 Å². The number of carbonyl (C=O) groups is 3. The van der Waals surface area contributed by atoms with Crippen LogP contribution in [0.4, 0.5) is 0 Å². The first-order chi connectivity index (χ1) is 11.1. The van der Waals surface area contributed by atoms with Crippen molar-refractivity contribution in [1.82, 2.24) is 5.32 Å². The minimum absolute atomic E-state index is 0.126. The van der Waals surface area contributed by atoms with Gasteiger partial charge in [-0.05, 0) is 38.0 Å². The fourth-order valence-corrected chi connectivity index (χ4v) is 4.26. The fraction of sp³-hybridized carbons (Fsp3) is 0.824. The van der Waals surface area contributed by atoms with Gasteiger partial charge in [-0.15, -0.1) is 0 Å². The van der Waals surface area contributed by atoms with Crippen LogP contribution in [0.25, 0.3) is 0 Å². The lowest BCUT2D eigenvalue weighted by Gasteiger charge is -2.45. The van der Waals surface area contributed by atoms with Gasteiger partial charge in [-0.2, -0.15) is 0 Å². The highest BCUT2D eigenvalue weighted by atomic mass is 16.6. The molecule has 136 valence electrons. The second-order valence-electron chi connectivity index (χ2n) is 7.63. The maximum atomic E-state index is 11.5. The first kappa shape index (κ1) is 18.9. The monoisotopic (exact) mass is 341 g/mol. The highest BCUT2D eigenvalue weighted by Crippen LogP contribution is 2.41. The van der Waals surface area contributed by atoms with Gasteiger partial charge in [0.25, 0.3) is 0 Å². The lowest BCUT2D eigenvalue weighted by atomic mass is 9.68. The quantitative estimate of drug-likeness (QED) is 0.507. The van der Waals surface area contributed by atoms with Crippen molar-refractivity contribution in [2.75, 3.05) is 0 Å². The molecule has 0 aromatic heterocycles. The number of nitrogens with one attached hydrogen (secondary N) is 1. The molecule has 1 aliphatic heterocycles. The normalized spacial score (nSPS) is 36.1. The van der Waals surface area contributed by atoms with E-state index in [1.54, 1.807) is 0 Å². The summed E-state index contributed by atoms with van der Waals surface area (Å²) in [6.07, 6.45) is -0.0276. The SMILES string of the molecule is CC(=O)OC1(C)CC(C)C(O)C(C(O)CC2CC(=O)NC(=O)C2)C1. The Kier molecular flexibility index (Phi) is 5.65. The number of piperidine rings is 1. The molecular weight excluding hydrogens is 314 g/mol. The zero-order valence-corrected chi connectivity index (χ0v) is 14.4. The van der Waals surface area contributed by atoms with Crippen molar-refractivity contribution in [1.29, 1.82) is 0 Å². The third kappa shape index (κ3) is 4.54. The number of esters is 1. The second kappa shape index (κ2) is 7.19. The van der Waals surface area contributed by atoms with Crippen LogP contribution in [-0.4, -0.2) is 45.8 Å². The maximum absolute atomic E-state index is 11.5. The van der Waals surface area contributed by atoms with Crippen molar-refractivity contribution in [3.8, 4) is 0 Å². The summed E-state index contributed by atoms with van der Waals surface area (Å²) in [6, 6.07) is 0. The van der Waals surface area contributed by atoms with Crippen molar-refractivity contribution in [2.45, 2.75) is 70.7 Å². The number of carbonyl (C=O) groups excluding carboxylic acids is 3. The minimum atomic E-state index is -0.860. The van der Waals surface area contributed by atoms with Crippen LogP contribution in [0.3, 0.4) is 0 Å². The van der Waals surface area contributed by atoms with E-state index in [1.807, 2.05) is 13.8 Å². The third-order valence-corrected chi connectivity index (χ3v) is 5.13. The zero-order valence-electron chi connectivity index (χ0n) is 14.4. The molecule has 24 heavy (non-hydrogen) atoms. The summed E-state index contributed by atoms with van der Waals surface area (Å²) in [5.41, 5.74) is -0.726. The number of aliphatic hydroxyl groups is 2. The van der Waals surface area contributed by atoms with Gasteiger partial charge in [0.1, 0.15) is 5.60 Å². The molecule has 1 saturated heterocycles. The molecule has 1 heterocycles. The minimum Gasteiger partial charge on any atom is -0.460 e. The van der Waals surface area contributed by atoms with E-state index in [1.165, 1.54) is 6.92 Å². The Morgan fingerprint density at radius 1 is 1.33 bits per heavy atom. The molecule has 2 aliphatic rings. The van der Waals surface area contributed by atoms with Crippen LogP contribution in [0.1, 0.15) is 52.9 Å². The smallest absolute Gasteiger partial charge is 0.303 e. The second-order valence-corrected chi connectivity index (χ2v) is 7.63. The van der Waals surface area contributed by atoms with Crippen molar-refractivity contribution in [3.05, 3.63) is 0 Å². The van der Waals surface area contributed by atoms with Gasteiger partial charge in [0.05, 0.1) is 12.2 Å². The van der Waals surface area contributed by atoms with Gasteiger partial charge >= 0.3 is 5.97 Å². The standard InChI is InChI=1S/C17H27NO6/c1-9-7-17(3,24-10(2)19)8-12(16(9)23)13(20)4-11-5-14(21)18-15(22)6-11/h9,11-13,16,20,23H,4-8H2,1-3H3,(H,18,21,22). The van der Waals surface area contributed by atoms with Gasteiger partial charge in [0.2, 0.25) is 11.8 Å². The summed E-state index contributed by atoms with van der Waals surface area (Å²) >= 11 is 0. The molecule has 7 heteroatoms. The highest BCUT2D eigenvalue weighted by Gasteiger charge is 2.46. The maximum Gasteiger partial charge on any atom is 0.303 e. The molecule has 1 saturated carbocycles. The van der Waals surface area contributed by atoms with E-state index in [4.69, 9.17) is 4.74 Å². The first-order valence-corrected chi connectivity index (χ1v) is 8.48. The Bertz CT molecular complexity index is 505. The van der Waals surface area contributed by atoms with E-state index in [0.717, 1.165) is 0 Å². The first-order valence-electron chi connectivity index (χ1n) is 8.48. The van der Waals surface area contributed by atoms with E-state index in [2.05, 4.69) is 5.32 Å². The summed E-state index contributed by atoms with van der Waals surface area (Å²) in [6.45, 7) is 5.02. The van der Waals surface area contributed by atoms with Crippen molar-refractivity contribution < 1.29 is 29.3 Å². The summed E-state index contributed by atoms with van der Waals surface area (Å²) < 4.78 is 5.42. The van der Waals surface area contributed by atoms with Crippen LogP contribution < -0.4 is 5.32 Å². The zero-order chi connectivity index (χ0) is 18.1. The predicted octanol–water partition coefficient (Wildman–Crippen LogP) is 0.519. The molecule has 5 atom stereocenters. The molecule has 0 aromatic carbocycles. The molecule has 2 fully saturated rings. The van der Waals surface area contributed by atoms with Crippen molar-refractivity contribution in [2.24, 2.45) is 17.8 Å². The van der Waals surface area contributed by atoms with E-state index >= 15 is 0 Å². The highest BCUT2D eigenvalue weighted by molar-refractivity contribution is 5.97. The Morgan fingerprint density at radius 3 is 2.46 bits per heavy atom. The lowest BCUT2D eigenvalue weighted by molar-refractivity contribution is -0.174. The van der Waals surface area contributed by atoms with Crippen molar-refractivity contribution in [3.63, 3.8) is 0 Å². The Morgan fingerprint density at radius 2 is 1.92 bits per heavy atom. The average Bonchev–Trinajstić information content (AvgIpc) is 2.40.